The molecule has 0 N–H and O–H groups in total. The number of ether oxygens (including phenoxy) is 1. The van der Waals surface area contributed by atoms with Crippen molar-refractivity contribution in [2.45, 2.75) is 0 Å². The van der Waals surface area contributed by atoms with Crippen LogP contribution in [0, 0.1) is 0 Å². The topological polar surface area (TPSA) is 26.3 Å². The Morgan fingerprint density at radius 1 is 1.38 bits per heavy atom. The van der Waals surface area contributed by atoms with Crippen molar-refractivity contribution in [1.82, 2.24) is 0 Å². The van der Waals surface area contributed by atoms with Gasteiger partial charge >= 0.3 is 64.3 Å². The number of esters is 1. The van der Waals surface area contributed by atoms with Gasteiger partial charge < -0.3 is 17.7 Å². The molecule has 0 heterocycles. The third-order valence-electron chi connectivity index (χ3n) is 1.79. The summed E-state index contributed by atoms with van der Waals surface area (Å²) >= 11 is 5.46. The minimum atomic E-state index is -5.22. The van der Waals surface area contributed by atoms with Gasteiger partial charge in [0.2, 0.25) is 0 Å². The zero-order valence-electron chi connectivity index (χ0n) is 8.64. The molecule has 0 bridgehead atoms. The molecule has 0 saturated heterocycles. The van der Waals surface area contributed by atoms with E-state index in [1.54, 1.807) is 0 Å². The van der Waals surface area contributed by atoms with Crippen molar-refractivity contribution in [3.05, 3.63) is 28.8 Å². The minimum absolute atomic E-state index is 0. The van der Waals surface area contributed by atoms with Gasteiger partial charge in [0.05, 0.1) is 12.7 Å². The van der Waals surface area contributed by atoms with Crippen LogP contribution in [0.1, 0.15) is 10.4 Å². The molecule has 0 amide bonds. The Morgan fingerprint density at radius 2 is 1.94 bits per heavy atom. The Morgan fingerprint density at radius 3 is 2.38 bits per heavy atom. The molecule has 8 heteroatoms. The molecule has 0 aromatic heterocycles. The van der Waals surface area contributed by atoms with E-state index in [0.29, 0.717) is 0 Å². The molecule has 0 spiro atoms. The van der Waals surface area contributed by atoms with Gasteiger partial charge in [-0.05, 0) is 6.07 Å². The van der Waals surface area contributed by atoms with Crippen molar-refractivity contribution in [3.8, 4) is 0 Å². The van der Waals surface area contributed by atoms with E-state index in [9.17, 15) is 17.7 Å². The van der Waals surface area contributed by atoms with E-state index in [1.165, 1.54) is 6.07 Å². The fraction of sp³-hybridized carbons (Fsp3) is 0.125. The standard InChI is InChI=1S/C8H6BClF3O2.K/c1-15-8(14)5-3-2-4-6(7(5)10)9(11,12)13;/h2-4H,1H3;/q-1;+1. The monoisotopic (exact) mass is 276 g/mol. The first-order valence-electron chi connectivity index (χ1n) is 3.94. The summed E-state index contributed by atoms with van der Waals surface area (Å²) in [6.45, 7) is -5.22. The molecule has 16 heavy (non-hydrogen) atoms. The first-order valence-corrected chi connectivity index (χ1v) is 4.32. The fourth-order valence-corrected chi connectivity index (χ4v) is 1.40. The minimum Gasteiger partial charge on any atom is -0.465 e. The maximum Gasteiger partial charge on any atom is 1.00 e. The van der Waals surface area contributed by atoms with Crippen LogP contribution in [0.15, 0.2) is 18.2 Å². The van der Waals surface area contributed by atoms with Crippen LogP contribution in [0.3, 0.4) is 0 Å². The van der Waals surface area contributed by atoms with Crippen LogP contribution in [0.25, 0.3) is 0 Å². The number of carbonyl (C=O) groups excluding carboxylic acids is 1. The van der Waals surface area contributed by atoms with Gasteiger partial charge in [-0.3, -0.25) is 0 Å². The van der Waals surface area contributed by atoms with Gasteiger partial charge in [-0.25, -0.2) is 4.79 Å². The molecule has 0 aliphatic heterocycles. The second-order valence-corrected chi connectivity index (χ2v) is 3.15. The smallest absolute Gasteiger partial charge is 0.465 e. The average Bonchev–Trinajstić information content (AvgIpc) is 2.15. The number of rotatable bonds is 2. The van der Waals surface area contributed by atoms with Gasteiger partial charge in [-0.1, -0.05) is 29.2 Å². The second kappa shape index (κ2) is 6.42. The summed E-state index contributed by atoms with van der Waals surface area (Å²) in [6.07, 6.45) is 0. The molecule has 0 fully saturated rings. The molecule has 0 aliphatic rings. The third kappa shape index (κ3) is 3.75. The van der Waals surface area contributed by atoms with Crippen molar-refractivity contribution in [2.24, 2.45) is 0 Å². The van der Waals surface area contributed by atoms with Crippen molar-refractivity contribution < 1.29 is 73.9 Å². The number of halogens is 4. The first kappa shape index (κ1) is 16.5. The molecule has 1 aromatic carbocycles. The molecule has 0 atom stereocenters. The molecular formula is C8H6BClF3KO2. The Balaban J connectivity index is 0.00000225. The van der Waals surface area contributed by atoms with Gasteiger partial charge in [0.25, 0.3) is 0 Å². The summed E-state index contributed by atoms with van der Waals surface area (Å²) in [4.78, 5) is 11.0. The molecule has 0 unspecified atom stereocenters. The molecule has 82 valence electrons. The summed E-state index contributed by atoms with van der Waals surface area (Å²) in [7, 11) is 1.07. The van der Waals surface area contributed by atoms with E-state index in [1.807, 2.05) is 0 Å². The van der Waals surface area contributed by atoms with Gasteiger partial charge in [0.1, 0.15) is 0 Å². The number of hydrogen-bond donors (Lipinski definition) is 0. The largest absolute Gasteiger partial charge is 1.00 e. The van der Waals surface area contributed by atoms with Crippen LogP contribution in [0.4, 0.5) is 12.9 Å². The Labute approximate surface area is 138 Å². The normalized spacial score (nSPS) is 10.6. The van der Waals surface area contributed by atoms with Crippen LogP contribution in [-0.4, -0.2) is 20.1 Å². The SMILES string of the molecule is COC(=O)c1cccc([B-](F)(F)F)c1Cl.[K+]. The first-order chi connectivity index (χ1) is 6.88. The van der Waals surface area contributed by atoms with Gasteiger partial charge in [-0.2, -0.15) is 0 Å². The van der Waals surface area contributed by atoms with E-state index in [-0.39, 0.29) is 56.9 Å². The predicted octanol–water partition coefficient (Wildman–Crippen LogP) is -0.815. The van der Waals surface area contributed by atoms with E-state index < -0.39 is 23.4 Å². The summed E-state index contributed by atoms with van der Waals surface area (Å²) in [6, 6.07) is 3.12. The zero-order chi connectivity index (χ0) is 11.6. The van der Waals surface area contributed by atoms with Crippen LogP contribution >= 0.6 is 11.6 Å². The van der Waals surface area contributed by atoms with E-state index in [4.69, 9.17) is 11.6 Å². The van der Waals surface area contributed by atoms with Crippen molar-refractivity contribution in [1.29, 1.82) is 0 Å². The summed E-state index contributed by atoms with van der Waals surface area (Å²) < 4.78 is 41.6. The fourth-order valence-electron chi connectivity index (χ4n) is 1.07. The van der Waals surface area contributed by atoms with Crippen LogP contribution < -0.4 is 56.8 Å². The van der Waals surface area contributed by atoms with Crippen molar-refractivity contribution in [3.63, 3.8) is 0 Å². The predicted molar refractivity (Wildman–Crippen MR) is 51.5 cm³/mol. The Hall–Kier alpha value is 0.471. The molecule has 0 radical (unpaired) electrons. The number of benzene rings is 1. The molecule has 2 nitrogen and oxygen atoms in total. The van der Waals surface area contributed by atoms with Crippen molar-refractivity contribution >= 4 is 30.0 Å². The van der Waals surface area contributed by atoms with Crippen LogP contribution in [0.2, 0.25) is 5.02 Å². The quantitative estimate of drug-likeness (QED) is 0.521. The summed E-state index contributed by atoms with van der Waals surface area (Å²) in [5.41, 5.74) is -1.27. The van der Waals surface area contributed by atoms with Gasteiger partial charge in [-0.15, -0.1) is 0 Å². The van der Waals surface area contributed by atoms with E-state index in [2.05, 4.69) is 4.74 Å². The molecular weight excluding hydrogens is 270 g/mol. The Bertz CT molecular complexity index is 397. The van der Waals surface area contributed by atoms with E-state index in [0.717, 1.165) is 19.2 Å². The number of hydrogen-bond acceptors (Lipinski definition) is 2. The van der Waals surface area contributed by atoms with Crippen LogP contribution in [0.5, 0.6) is 0 Å². The average molecular weight is 276 g/mol. The number of carbonyl (C=O) groups is 1. The summed E-state index contributed by atoms with van der Waals surface area (Å²) in [5.74, 6) is -0.887. The molecule has 0 saturated carbocycles. The summed E-state index contributed by atoms with van der Waals surface area (Å²) in [5, 5.41) is -0.614. The number of methoxy groups -OCH3 is 1. The molecule has 0 aliphatic carbocycles. The van der Waals surface area contributed by atoms with Crippen LogP contribution in [-0.2, 0) is 4.74 Å². The maximum atomic E-state index is 12.4. The molecule has 1 aromatic rings. The zero-order valence-corrected chi connectivity index (χ0v) is 12.5. The van der Waals surface area contributed by atoms with Gasteiger partial charge in [0.15, 0.2) is 0 Å². The third-order valence-corrected chi connectivity index (χ3v) is 2.21. The maximum absolute atomic E-state index is 12.4. The van der Waals surface area contributed by atoms with E-state index >= 15 is 0 Å². The van der Waals surface area contributed by atoms with Gasteiger partial charge in [0, 0.05) is 5.02 Å². The van der Waals surface area contributed by atoms with Crippen molar-refractivity contribution in [2.75, 3.05) is 7.11 Å². The second-order valence-electron chi connectivity index (χ2n) is 2.78. The molecule has 1 rings (SSSR count). The Kier molecular flexibility index (Phi) is 6.61.